The molecule has 7 heteroatoms. The average Bonchev–Trinajstić information content (AvgIpc) is 3.49. The molecule has 1 aliphatic heterocycles. The SMILES string of the molecule is COc1ccc(NC(=O)CN2C(=O)[C@@H]3[C@H]4C=C[C@@H]([C@@H]5C[C@@H]45)[C@H]3C2=O)c(OC)c1. The normalized spacial score (nSPS) is 34.1. The summed E-state index contributed by atoms with van der Waals surface area (Å²) in [7, 11) is 3.04. The van der Waals surface area contributed by atoms with Gasteiger partial charge in [0.05, 0.1) is 31.7 Å². The van der Waals surface area contributed by atoms with E-state index in [0.29, 0.717) is 29.0 Å². The molecular formula is C21H22N2O5. The van der Waals surface area contributed by atoms with Gasteiger partial charge in [-0.3, -0.25) is 19.3 Å². The van der Waals surface area contributed by atoms with Crippen LogP contribution in [0.1, 0.15) is 6.42 Å². The molecular weight excluding hydrogens is 360 g/mol. The van der Waals surface area contributed by atoms with E-state index in [2.05, 4.69) is 17.5 Å². The number of anilines is 1. The molecule has 5 aliphatic rings. The first kappa shape index (κ1) is 17.3. The van der Waals surface area contributed by atoms with Gasteiger partial charge in [-0.15, -0.1) is 0 Å². The second-order valence-corrected chi connectivity index (χ2v) is 8.03. The van der Waals surface area contributed by atoms with E-state index in [-0.39, 0.29) is 42.0 Å². The largest absolute Gasteiger partial charge is 0.497 e. The van der Waals surface area contributed by atoms with Gasteiger partial charge in [-0.05, 0) is 42.2 Å². The van der Waals surface area contributed by atoms with E-state index < -0.39 is 5.91 Å². The first-order chi connectivity index (χ1) is 13.5. The fraction of sp³-hybridized carbons (Fsp3) is 0.476. The van der Waals surface area contributed by atoms with Crippen molar-refractivity contribution in [3.05, 3.63) is 30.4 Å². The van der Waals surface area contributed by atoms with Gasteiger partial charge in [0.2, 0.25) is 17.7 Å². The number of carbonyl (C=O) groups is 3. The maximum atomic E-state index is 12.9. The maximum absolute atomic E-state index is 12.9. The Morgan fingerprint density at radius 3 is 2.29 bits per heavy atom. The van der Waals surface area contributed by atoms with Crippen molar-refractivity contribution in [1.29, 1.82) is 0 Å². The number of methoxy groups -OCH3 is 2. The number of hydrogen-bond donors (Lipinski definition) is 1. The Bertz CT molecular complexity index is 874. The molecule has 4 aliphatic carbocycles. The standard InChI is InChI=1S/C21H22N2O5/c1-27-10-3-6-15(16(7-10)28-2)22-17(24)9-23-20(25)18-11-4-5-12(14-8-13(11)14)19(18)21(23)26/h3-7,11-14,18-19H,8-9H2,1-2H3,(H,22,24)/t11-,12-,13-,14-,18+,19+/m0/s1. The summed E-state index contributed by atoms with van der Waals surface area (Å²) in [5, 5.41) is 2.74. The van der Waals surface area contributed by atoms with Gasteiger partial charge < -0.3 is 14.8 Å². The highest BCUT2D eigenvalue weighted by Gasteiger charge is 2.67. The molecule has 7 nitrogen and oxygen atoms in total. The molecule has 3 fully saturated rings. The zero-order valence-corrected chi connectivity index (χ0v) is 15.8. The number of allylic oxidation sites excluding steroid dienone is 2. The topological polar surface area (TPSA) is 84.9 Å². The van der Waals surface area contributed by atoms with Crippen molar-refractivity contribution in [2.24, 2.45) is 35.5 Å². The van der Waals surface area contributed by atoms with Crippen LogP contribution in [0, 0.1) is 35.5 Å². The number of hydrogen-bond acceptors (Lipinski definition) is 5. The molecule has 28 heavy (non-hydrogen) atoms. The highest BCUT2D eigenvalue weighted by molar-refractivity contribution is 6.09. The summed E-state index contributed by atoms with van der Waals surface area (Å²) in [5.74, 6) is 1.08. The van der Waals surface area contributed by atoms with E-state index in [4.69, 9.17) is 9.47 Å². The second-order valence-electron chi connectivity index (χ2n) is 8.03. The van der Waals surface area contributed by atoms with Crippen molar-refractivity contribution in [2.45, 2.75) is 6.42 Å². The summed E-state index contributed by atoms with van der Waals surface area (Å²) in [4.78, 5) is 39.6. The maximum Gasteiger partial charge on any atom is 0.244 e. The van der Waals surface area contributed by atoms with Crippen LogP contribution in [0.4, 0.5) is 5.69 Å². The predicted octanol–water partition coefficient (Wildman–Crippen LogP) is 1.70. The van der Waals surface area contributed by atoms with Gasteiger partial charge in [-0.1, -0.05) is 12.2 Å². The number of ether oxygens (including phenoxy) is 2. The fourth-order valence-corrected chi connectivity index (χ4v) is 5.41. The lowest BCUT2D eigenvalue weighted by Crippen LogP contribution is -2.40. The first-order valence-corrected chi connectivity index (χ1v) is 9.59. The third-order valence-corrected chi connectivity index (χ3v) is 6.74. The molecule has 0 radical (unpaired) electrons. The third kappa shape index (κ3) is 2.38. The van der Waals surface area contributed by atoms with Gasteiger partial charge in [0, 0.05) is 6.07 Å². The van der Waals surface area contributed by atoms with Crippen molar-refractivity contribution in [1.82, 2.24) is 4.90 Å². The van der Waals surface area contributed by atoms with Gasteiger partial charge in [-0.25, -0.2) is 0 Å². The highest BCUT2D eigenvalue weighted by atomic mass is 16.5. The van der Waals surface area contributed by atoms with Crippen LogP contribution in [-0.4, -0.2) is 43.4 Å². The zero-order valence-electron chi connectivity index (χ0n) is 15.8. The van der Waals surface area contributed by atoms with E-state index in [0.717, 1.165) is 11.3 Å². The number of amides is 3. The summed E-state index contributed by atoms with van der Waals surface area (Å²) >= 11 is 0. The minimum Gasteiger partial charge on any atom is -0.497 e. The van der Waals surface area contributed by atoms with Crippen LogP contribution in [0.2, 0.25) is 0 Å². The van der Waals surface area contributed by atoms with Gasteiger partial charge >= 0.3 is 0 Å². The molecule has 6 atom stereocenters. The molecule has 0 unspecified atom stereocenters. The van der Waals surface area contributed by atoms with Gasteiger partial charge in [0.15, 0.2) is 0 Å². The Labute approximate surface area is 162 Å². The van der Waals surface area contributed by atoms with Crippen molar-refractivity contribution in [2.75, 3.05) is 26.1 Å². The number of imide groups is 1. The van der Waals surface area contributed by atoms with E-state index in [1.807, 2.05) is 0 Å². The van der Waals surface area contributed by atoms with Gasteiger partial charge in [-0.2, -0.15) is 0 Å². The minimum atomic E-state index is -0.422. The van der Waals surface area contributed by atoms with Crippen LogP contribution >= 0.6 is 0 Å². The molecule has 1 aromatic rings. The molecule has 1 heterocycles. The van der Waals surface area contributed by atoms with Gasteiger partial charge in [0.25, 0.3) is 0 Å². The van der Waals surface area contributed by atoms with Gasteiger partial charge in [0.1, 0.15) is 18.0 Å². The monoisotopic (exact) mass is 382 g/mol. The van der Waals surface area contributed by atoms with Crippen LogP contribution in [0.25, 0.3) is 0 Å². The van der Waals surface area contributed by atoms with Crippen LogP contribution in [0.15, 0.2) is 30.4 Å². The Morgan fingerprint density at radius 2 is 1.71 bits per heavy atom. The van der Waals surface area contributed by atoms with Crippen LogP contribution in [-0.2, 0) is 14.4 Å². The smallest absolute Gasteiger partial charge is 0.244 e. The number of rotatable bonds is 5. The molecule has 0 aromatic heterocycles. The average molecular weight is 382 g/mol. The minimum absolute atomic E-state index is 0.159. The van der Waals surface area contributed by atoms with E-state index >= 15 is 0 Å². The van der Waals surface area contributed by atoms with Crippen LogP contribution < -0.4 is 14.8 Å². The quantitative estimate of drug-likeness (QED) is 0.619. The van der Waals surface area contributed by atoms with Crippen molar-refractivity contribution in [3.63, 3.8) is 0 Å². The molecule has 1 N–H and O–H groups in total. The van der Waals surface area contributed by atoms with Crippen LogP contribution in [0.3, 0.4) is 0 Å². The van der Waals surface area contributed by atoms with Crippen molar-refractivity contribution < 1.29 is 23.9 Å². The number of nitrogens with one attached hydrogen (secondary N) is 1. The van der Waals surface area contributed by atoms with Crippen molar-refractivity contribution in [3.8, 4) is 11.5 Å². The third-order valence-electron chi connectivity index (χ3n) is 6.74. The zero-order chi connectivity index (χ0) is 19.6. The lowest BCUT2D eigenvalue weighted by atomic mass is 9.63. The summed E-state index contributed by atoms with van der Waals surface area (Å²) in [5.41, 5.74) is 0.466. The number of likely N-dealkylation sites (tertiary alicyclic amines) is 1. The second kappa shape index (κ2) is 6.09. The Balaban J connectivity index is 1.31. The Hall–Kier alpha value is -2.83. The number of benzene rings is 1. The fourth-order valence-electron chi connectivity index (χ4n) is 5.41. The number of carbonyl (C=O) groups excluding carboxylic acids is 3. The Kier molecular flexibility index (Phi) is 3.76. The molecule has 2 saturated carbocycles. The summed E-state index contributed by atoms with van der Waals surface area (Å²) in [6.07, 6.45) is 5.36. The van der Waals surface area contributed by atoms with E-state index in [9.17, 15) is 14.4 Å². The highest BCUT2D eigenvalue weighted by Crippen LogP contribution is 2.65. The molecule has 6 rings (SSSR count). The van der Waals surface area contributed by atoms with Crippen molar-refractivity contribution >= 4 is 23.4 Å². The van der Waals surface area contributed by atoms with Crippen LogP contribution in [0.5, 0.6) is 11.5 Å². The first-order valence-electron chi connectivity index (χ1n) is 9.59. The summed E-state index contributed by atoms with van der Waals surface area (Å²) < 4.78 is 10.4. The lowest BCUT2D eigenvalue weighted by Gasteiger charge is -2.37. The summed E-state index contributed by atoms with van der Waals surface area (Å²) in [6.45, 7) is -0.269. The molecule has 0 spiro atoms. The summed E-state index contributed by atoms with van der Waals surface area (Å²) in [6, 6.07) is 5.03. The number of nitrogens with zero attached hydrogens (tertiary/aromatic N) is 1. The van der Waals surface area contributed by atoms with E-state index in [1.165, 1.54) is 7.11 Å². The predicted molar refractivity (Wildman–Crippen MR) is 99.6 cm³/mol. The Morgan fingerprint density at radius 1 is 1.07 bits per heavy atom. The molecule has 1 saturated heterocycles. The molecule has 1 aromatic carbocycles. The lowest BCUT2D eigenvalue weighted by molar-refractivity contribution is -0.142. The molecule has 2 bridgehead atoms. The van der Waals surface area contributed by atoms with E-state index in [1.54, 1.807) is 25.3 Å². The molecule has 3 amide bonds. The molecule has 146 valence electrons.